The Labute approximate surface area is 161 Å². The summed E-state index contributed by atoms with van der Waals surface area (Å²) in [5, 5.41) is 12.6. The molecule has 0 saturated carbocycles. The molecule has 2 aromatic carbocycles. The van der Waals surface area contributed by atoms with E-state index in [0.29, 0.717) is 11.4 Å². The molecule has 0 spiro atoms. The van der Waals surface area contributed by atoms with Crippen molar-refractivity contribution < 1.29 is 14.6 Å². The molecule has 0 radical (unpaired) electrons. The van der Waals surface area contributed by atoms with E-state index in [1.54, 1.807) is 7.11 Å². The van der Waals surface area contributed by atoms with Crippen LogP contribution in [0.1, 0.15) is 31.7 Å². The van der Waals surface area contributed by atoms with Crippen molar-refractivity contribution >= 4 is 11.6 Å². The summed E-state index contributed by atoms with van der Waals surface area (Å²) >= 11 is 0. The molecule has 0 aliphatic carbocycles. The average molecular weight is 368 g/mol. The zero-order valence-corrected chi connectivity index (χ0v) is 16.1. The molecule has 1 saturated heterocycles. The summed E-state index contributed by atoms with van der Waals surface area (Å²) in [7, 11) is 1.61. The maximum atomic E-state index is 11.3. The quantitative estimate of drug-likeness (QED) is 0.845. The largest absolute Gasteiger partial charge is 0.495 e. The summed E-state index contributed by atoms with van der Waals surface area (Å²) in [4.78, 5) is 13.7. The number of benzene rings is 2. The Morgan fingerprint density at radius 1 is 1.19 bits per heavy atom. The minimum Gasteiger partial charge on any atom is -0.495 e. The van der Waals surface area contributed by atoms with Gasteiger partial charge in [0.1, 0.15) is 5.75 Å². The lowest BCUT2D eigenvalue weighted by Crippen LogP contribution is -2.24. The monoisotopic (exact) mass is 368 g/mol. The zero-order chi connectivity index (χ0) is 19.2. The Balaban J connectivity index is 1.77. The first-order valence-electron chi connectivity index (χ1n) is 9.50. The van der Waals surface area contributed by atoms with Crippen molar-refractivity contribution in [3.05, 3.63) is 48.0 Å². The van der Waals surface area contributed by atoms with Crippen molar-refractivity contribution in [3.63, 3.8) is 0 Å². The number of aliphatic hydroxyl groups is 1. The number of nitrogens with one attached hydrogen (secondary N) is 1. The molecule has 3 rings (SSSR count). The standard InChI is InChI=1S/C22H28N2O3/c1-16(25)23-21-9-8-19(14-22(21)27-2)18-6-3-5-17(13-18)15-24-11-4-7-20(26)10-12-24/h3,5-6,8-9,13-14,20,26H,4,7,10-12,15H2,1-2H3,(H,23,25). The van der Waals surface area contributed by atoms with Crippen molar-refractivity contribution in [1.29, 1.82) is 0 Å². The summed E-state index contributed by atoms with van der Waals surface area (Å²) in [5.41, 5.74) is 4.10. The van der Waals surface area contributed by atoms with E-state index in [-0.39, 0.29) is 12.0 Å². The highest BCUT2D eigenvalue weighted by Gasteiger charge is 2.15. The Bertz CT molecular complexity index is 791. The highest BCUT2D eigenvalue weighted by molar-refractivity contribution is 5.91. The van der Waals surface area contributed by atoms with Crippen LogP contribution < -0.4 is 10.1 Å². The number of amides is 1. The lowest BCUT2D eigenvalue weighted by molar-refractivity contribution is -0.114. The normalized spacial score (nSPS) is 18.0. The molecule has 1 atom stereocenters. The van der Waals surface area contributed by atoms with E-state index in [4.69, 9.17) is 4.74 Å². The Hall–Kier alpha value is -2.37. The molecule has 1 heterocycles. The van der Waals surface area contributed by atoms with Crippen LogP contribution in [0.4, 0.5) is 5.69 Å². The molecule has 0 aromatic heterocycles. The van der Waals surface area contributed by atoms with Crippen LogP contribution in [0, 0.1) is 0 Å². The van der Waals surface area contributed by atoms with Gasteiger partial charge < -0.3 is 15.2 Å². The van der Waals surface area contributed by atoms with Crippen LogP contribution in [-0.2, 0) is 11.3 Å². The molecule has 1 fully saturated rings. The van der Waals surface area contributed by atoms with Gasteiger partial charge in [0.15, 0.2) is 0 Å². The van der Waals surface area contributed by atoms with Crippen LogP contribution in [0.2, 0.25) is 0 Å². The molecule has 0 bridgehead atoms. The SMILES string of the molecule is COc1cc(-c2cccc(CN3CCCC(O)CC3)c2)ccc1NC(C)=O. The van der Waals surface area contributed by atoms with Gasteiger partial charge in [0.2, 0.25) is 5.91 Å². The Morgan fingerprint density at radius 3 is 2.78 bits per heavy atom. The fourth-order valence-electron chi connectivity index (χ4n) is 3.57. The second-order valence-corrected chi connectivity index (χ2v) is 7.16. The first kappa shape index (κ1) is 19.4. The molecular formula is C22H28N2O3. The molecule has 1 unspecified atom stereocenters. The van der Waals surface area contributed by atoms with Gasteiger partial charge in [-0.2, -0.15) is 0 Å². The molecule has 5 nitrogen and oxygen atoms in total. The summed E-state index contributed by atoms with van der Waals surface area (Å²) in [6.45, 7) is 4.34. The van der Waals surface area contributed by atoms with E-state index in [0.717, 1.165) is 50.0 Å². The molecule has 5 heteroatoms. The van der Waals surface area contributed by atoms with Gasteiger partial charge in [-0.3, -0.25) is 9.69 Å². The van der Waals surface area contributed by atoms with Gasteiger partial charge in [0, 0.05) is 20.0 Å². The Kier molecular flexibility index (Phi) is 6.48. The van der Waals surface area contributed by atoms with Crippen molar-refractivity contribution in [2.75, 3.05) is 25.5 Å². The molecule has 2 aromatic rings. The maximum Gasteiger partial charge on any atom is 0.221 e. The molecule has 144 valence electrons. The van der Waals surface area contributed by atoms with Gasteiger partial charge in [-0.25, -0.2) is 0 Å². The van der Waals surface area contributed by atoms with Crippen molar-refractivity contribution in [2.24, 2.45) is 0 Å². The number of methoxy groups -OCH3 is 1. The number of hydrogen-bond donors (Lipinski definition) is 2. The summed E-state index contributed by atoms with van der Waals surface area (Å²) < 4.78 is 5.44. The van der Waals surface area contributed by atoms with Gasteiger partial charge in [0.25, 0.3) is 0 Å². The lowest BCUT2D eigenvalue weighted by atomic mass is 10.0. The van der Waals surface area contributed by atoms with E-state index in [2.05, 4.69) is 34.5 Å². The number of carbonyl (C=O) groups excluding carboxylic acids is 1. The van der Waals surface area contributed by atoms with Gasteiger partial charge >= 0.3 is 0 Å². The van der Waals surface area contributed by atoms with E-state index < -0.39 is 0 Å². The van der Waals surface area contributed by atoms with Crippen LogP contribution in [0.15, 0.2) is 42.5 Å². The third kappa shape index (κ3) is 5.31. The van der Waals surface area contributed by atoms with Crippen LogP contribution in [-0.4, -0.2) is 42.2 Å². The summed E-state index contributed by atoms with van der Waals surface area (Å²) in [5.74, 6) is 0.528. The summed E-state index contributed by atoms with van der Waals surface area (Å²) in [6, 6.07) is 14.3. The van der Waals surface area contributed by atoms with E-state index in [1.165, 1.54) is 12.5 Å². The average Bonchev–Trinajstić information content (AvgIpc) is 2.86. The highest BCUT2D eigenvalue weighted by Crippen LogP contribution is 2.31. The predicted octanol–water partition coefficient (Wildman–Crippen LogP) is 3.67. The second-order valence-electron chi connectivity index (χ2n) is 7.16. The van der Waals surface area contributed by atoms with Crippen molar-refractivity contribution in [2.45, 2.75) is 38.8 Å². The van der Waals surface area contributed by atoms with Crippen LogP contribution in [0.5, 0.6) is 5.75 Å². The van der Waals surface area contributed by atoms with Crippen LogP contribution >= 0.6 is 0 Å². The number of likely N-dealkylation sites (tertiary alicyclic amines) is 1. The van der Waals surface area contributed by atoms with Crippen molar-refractivity contribution in [1.82, 2.24) is 4.90 Å². The molecule has 27 heavy (non-hydrogen) atoms. The van der Waals surface area contributed by atoms with E-state index >= 15 is 0 Å². The number of nitrogens with zero attached hydrogens (tertiary/aromatic N) is 1. The first-order chi connectivity index (χ1) is 13.0. The number of aliphatic hydroxyl groups excluding tert-OH is 1. The second kappa shape index (κ2) is 9.02. The number of anilines is 1. The highest BCUT2D eigenvalue weighted by atomic mass is 16.5. The number of rotatable bonds is 5. The number of hydrogen-bond acceptors (Lipinski definition) is 4. The molecule has 2 N–H and O–H groups in total. The predicted molar refractivity (Wildman–Crippen MR) is 108 cm³/mol. The zero-order valence-electron chi connectivity index (χ0n) is 16.1. The van der Waals surface area contributed by atoms with Crippen LogP contribution in [0.25, 0.3) is 11.1 Å². The number of ether oxygens (including phenoxy) is 1. The first-order valence-corrected chi connectivity index (χ1v) is 9.50. The van der Waals surface area contributed by atoms with Gasteiger partial charge in [0.05, 0.1) is 18.9 Å². The molecule has 1 aliphatic rings. The third-order valence-electron chi connectivity index (χ3n) is 4.97. The van der Waals surface area contributed by atoms with Crippen molar-refractivity contribution in [3.8, 4) is 16.9 Å². The lowest BCUT2D eigenvalue weighted by Gasteiger charge is -2.20. The van der Waals surface area contributed by atoms with E-state index in [9.17, 15) is 9.90 Å². The van der Waals surface area contributed by atoms with E-state index in [1.807, 2.05) is 18.2 Å². The van der Waals surface area contributed by atoms with Gasteiger partial charge in [-0.1, -0.05) is 24.3 Å². The molecular weight excluding hydrogens is 340 g/mol. The van der Waals surface area contributed by atoms with Crippen LogP contribution in [0.3, 0.4) is 0 Å². The maximum absolute atomic E-state index is 11.3. The molecule has 1 aliphatic heterocycles. The topological polar surface area (TPSA) is 61.8 Å². The smallest absolute Gasteiger partial charge is 0.221 e. The minimum atomic E-state index is -0.157. The molecule has 1 amide bonds. The van der Waals surface area contributed by atoms with Gasteiger partial charge in [-0.15, -0.1) is 0 Å². The number of carbonyl (C=O) groups is 1. The Morgan fingerprint density at radius 2 is 2.00 bits per heavy atom. The third-order valence-corrected chi connectivity index (χ3v) is 4.97. The fourth-order valence-corrected chi connectivity index (χ4v) is 3.57. The minimum absolute atomic E-state index is 0.120. The summed E-state index contributed by atoms with van der Waals surface area (Å²) in [6.07, 6.45) is 2.64. The van der Waals surface area contributed by atoms with Gasteiger partial charge in [-0.05, 0) is 60.7 Å². The fraction of sp³-hybridized carbons (Fsp3) is 0.409.